The third-order valence-corrected chi connectivity index (χ3v) is 3.15. The zero-order chi connectivity index (χ0) is 13.0. The number of carbonyl (C=O) groups excluding carboxylic acids is 1. The topological polar surface area (TPSA) is 45.2 Å². The van der Waals surface area contributed by atoms with Crippen molar-refractivity contribution in [1.29, 1.82) is 0 Å². The molecule has 98 valence electrons. The van der Waals surface area contributed by atoms with Crippen LogP contribution in [0.25, 0.3) is 0 Å². The van der Waals surface area contributed by atoms with Gasteiger partial charge in [0.2, 0.25) is 0 Å². The lowest BCUT2D eigenvalue weighted by molar-refractivity contribution is 0.0686. The van der Waals surface area contributed by atoms with Crippen LogP contribution < -0.4 is 5.32 Å². The first-order valence-electron chi connectivity index (χ1n) is 6.35. The second kappa shape index (κ2) is 5.91. The fourth-order valence-electron chi connectivity index (χ4n) is 2.25. The van der Waals surface area contributed by atoms with E-state index in [9.17, 15) is 9.18 Å². The number of rotatable bonds is 4. The first-order valence-corrected chi connectivity index (χ1v) is 6.35. The van der Waals surface area contributed by atoms with E-state index in [1.54, 1.807) is 0 Å². The molecule has 0 aliphatic carbocycles. The van der Waals surface area contributed by atoms with Gasteiger partial charge in [-0.15, -0.1) is 0 Å². The quantitative estimate of drug-likeness (QED) is 0.880. The summed E-state index contributed by atoms with van der Waals surface area (Å²) in [5.41, 5.74) is 0.316. The molecular formula is C13H18FN3O. The molecule has 0 aromatic carbocycles. The van der Waals surface area contributed by atoms with Gasteiger partial charge in [0.15, 0.2) is 0 Å². The molecule has 18 heavy (non-hydrogen) atoms. The standard InChI is InChI=1S/C13H18FN3O/c1-2-7-17(11-5-6-15-9-11)13(18)12-4-3-10(14)8-16-12/h3-4,8,11,15H,2,5-7,9H2,1H3. The smallest absolute Gasteiger partial charge is 0.272 e. The van der Waals surface area contributed by atoms with E-state index in [0.29, 0.717) is 12.2 Å². The Morgan fingerprint density at radius 1 is 1.61 bits per heavy atom. The molecule has 1 fully saturated rings. The van der Waals surface area contributed by atoms with Crippen LogP contribution in [0, 0.1) is 5.82 Å². The molecule has 0 saturated carbocycles. The van der Waals surface area contributed by atoms with E-state index in [0.717, 1.165) is 32.1 Å². The minimum absolute atomic E-state index is 0.106. The van der Waals surface area contributed by atoms with Crippen molar-refractivity contribution < 1.29 is 9.18 Å². The van der Waals surface area contributed by atoms with E-state index in [4.69, 9.17) is 0 Å². The van der Waals surface area contributed by atoms with Crippen LogP contribution in [0.3, 0.4) is 0 Å². The third kappa shape index (κ3) is 2.85. The van der Waals surface area contributed by atoms with Crippen LogP contribution in [0.2, 0.25) is 0 Å². The number of carbonyl (C=O) groups is 1. The Morgan fingerprint density at radius 2 is 2.44 bits per heavy atom. The molecule has 1 amide bonds. The molecule has 0 radical (unpaired) electrons. The molecule has 0 spiro atoms. The number of nitrogens with one attached hydrogen (secondary N) is 1. The van der Waals surface area contributed by atoms with Gasteiger partial charge in [-0.25, -0.2) is 9.37 Å². The minimum Gasteiger partial charge on any atom is -0.333 e. The Kier molecular flexibility index (Phi) is 4.25. The molecule has 1 aliphatic rings. The van der Waals surface area contributed by atoms with Crippen molar-refractivity contribution in [3.8, 4) is 0 Å². The molecule has 1 aromatic heterocycles. The highest BCUT2D eigenvalue weighted by Crippen LogP contribution is 2.13. The molecule has 1 saturated heterocycles. The van der Waals surface area contributed by atoms with Crippen LogP contribution in [-0.2, 0) is 0 Å². The molecule has 1 aromatic rings. The van der Waals surface area contributed by atoms with Crippen molar-refractivity contribution in [3.63, 3.8) is 0 Å². The maximum absolute atomic E-state index is 12.8. The molecule has 1 N–H and O–H groups in total. The van der Waals surface area contributed by atoms with E-state index in [1.807, 2.05) is 11.8 Å². The minimum atomic E-state index is -0.420. The van der Waals surface area contributed by atoms with Gasteiger partial charge in [-0.2, -0.15) is 0 Å². The Hall–Kier alpha value is -1.49. The van der Waals surface area contributed by atoms with E-state index >= 15 is 0 Å². The van der Waals surface area contributed by atoms with Gasteiger partial charge in [0, 0.05) is 19.1 Å². The van der Waals surface area contributed by atoms with Crippen molar-refractivity contribution in [2.75, 3.05) is 19.6 Å². The molecule has 1 unspecified atom stereocenters. The van der Waals surface area contributed by atoms with E-state index in [-0.39, 0.29) is 11.9 Å². The van der Waals surface area contributed by atoms with E-state index < -0.39 is 5.82 Å². The van der Waals surface area contributed by atoms with E-state index in [1.165, 1.54) is 12.1 Å². The van der Waals surface area contributed by atoms with Crippen molar-refractivity contribution in [3.05, 3.63) is 29.8 Å². The first kappa shape index (κ1) is 13.0. The summed E-state index contributed by atoms with van der Waals surface area (Å²) in [5.74, 6) is -0.526. The SMILES string of the molecule is CCCN(C(=O)c1ccc(F)cn1)C1CCNC1. The van der Waals surface area contributed by atoms with Gasteiger partial charge in [0.05, 0.1) is 6.20 Å². The van der Waals surface area contributed by atoms with Crippen molar-refractivity contribution in [2.45, 2.75) is 25.8 Å². The van der Waals surface area contributed by atoms with Gasteiger partial charge in [0.1, 0.15) is 11.5 Å². The Labute approximate surface area is 106 Å². The maximum Gasteiger partial charge on any atom is 0.272 e. The summed E-state index contributed by atoms with van der Waals surface area (Å²) in [7, 11) is 0. The summed E-state index contributed by atoms with van der Waals surface area (Å²) in [6.45, 7) is 4.52. The number of pyridine rings is 1. The number of nitrogens with zero attached hydrogens (tertiary/aromatic N) is 2. The Bertz CT molecular complexity index is 401. The second-order valence-electron chi connectivity index (χ2n) is 4.51. The summed E-state index contributed by atoms with van der Waals surface area (Å²) in [6, 6.07) is 2.95. The summed E-state index contributed by atoms with van der Waals surface area (Å²) in [4.78, 5) is 18.1. The summed E-state index contributed by atoms with van der Waals surface area (Å²) < 4.78 is 12.8. The van der Waals surface area contributed by atoms with Crippen LogP contribution >= 0.6 is 0 Å². The normalized spacial score (nSPS) is 18.9. The number of hydrogen-bond donors (Lipinski definition) is 1. The zero-order valence-corrected chi connectivity index (χ0v) is 10.5. The highest BCUT2D eigenvalue weighted by Gasteiger charge is 2.27. The highest BCUT2D eigenvalue weighted by molar-refractivity contribution is 5.92. The molecular weight excluding hydrogens is 233 g/mol. The zero-order valence-electron chi connectivity index (χ0n) is 10.5. The predicted molar refractivity (Wildman–Crippen MR) is 66.8 cm³/mol. The molecule has 5 heteroatoms. The summed E-state index contributed by atoms with van der Waals surface area (Å²) in [6.07, 6.45) is 2.96. The molecule has 1 atom stereocenters. The number of aromatic nitrogens is 1. The van der Waals surface area contributed by atoms with Gasteiger partial charge in [-0.05, 0) is 31.5 Å². The van der Waals surface area contributed by atoms with Crippen LogP contribution in [0.5, 0.6) is 0 Å². The van der Waals surface area contributed by atoms with Gasteiger partial charge < -0.3 is 10.2 Å². The summed E-state index contributed by atoms with van der Waals surface area (Å²) in [5, 5.41) is 3.25. The molecule has 1 aliphatic heterocycles. The van der Waals surface area contributed by atoms with Crippen molar-refractivity contribution >= 4 is 5.91 Å². The van der Waals surface area contributed by atoms with E-state index in [2.05, 4.69) is 10.3 Å². The Balaban J connectivity index is 2.14. The van der Waals surface area contributed by atoms with Gasteiger partial charge in [-0.3, -0.25) is 4.79 Å². The second-order valence-corrected chi connectivity index (χ2v) is 4.51. The third-order valence-electron chi connectivity index (χ3n) is 3.15. The van der Waals surface area contributed by atoms with Gasteiger partial charge >= 0.3 is 0 Å². The fourth-order valence-corrected chi connectivity index (χ4v) is 2.25. The van der Waals surface area contributed by atoms with Crippen LogP contribution in [-0.4, -0.2) is 41.5 Å². The van der Waals surface area contributed by atoms with Crippen LogP contribution in [0.1, 0.15) is 30.3 Å². The average molecular weight is 251 g/mol. The van der Waals surface area contributed by atoms with Crippen LogP contribution in [0.15, 0.2) is 18.3 Å². The monoisotopic (exact) mass is 251 g/mol. The number of halogens is 1. The van der Waals surface area contributed by atoms with Crippen molar-refractivity contribution in [2.24, 2.45) is 0 Å². The molecule has 2 heterocycles. The molecule has 2 rings (SSSR count). The van der Waals surface area contributed by atoms with Crippen LogP contribution in [0.4, 0.5) is 4.39 Å². The maximum atomic E-state index is 12.8. The number of hydrogen-bond acceptors (Lipinski definition) is 3. The van der Waals surface area contributed by atoms with Crippen molar-refractivity contribution in [1.82, 2.24) is 15.2 Å². The fraction of sp³-hybridized carbons (Fsp3) is 0.538. The predicted octanol–water partition coefficient (Wildman–Crippen LogP) is 1.43. The lowest BCUT2D eigenvalue weighted by atomic mass is 10.2. The first-order chi connectivity index (χ1) is 8.72. The molecule has 0 bridgehead atoms. The van der Waals surface area contributed by atoms with Gasteiger partial charge in [-0.1, -0.05) is 6.92 Å². The largest absolute Gasteiger partial charge is 0.333 e. The average Bonchev–Trinajstić information content (AvgIpc) is 2.90. The summed E-state index contributed by atoms with van der Waals surface area (Å²) >= 11 is 0. The highest BCUT2D eigenvalue weighted by atomic mass is 19.1. The Morgan fingerprint density at radius 3 is 3.00 bits per heavy atom. The van der Waals surface area contributed by atoms with Gasteiger partial charge in [0.25, 0.3) is 5.91 Å². The lowest BCUT2D eigenvalue weighted by Gasteiger charge is -2.27. The lowest BCUT2D eigenvalue weighted by Crippen LogP contribution is -2.42. The molecule has 4 nitrogen and oxygen atoms in total. The number of amides is 1.